The molecule has 0 aliphatic carbocycles. The number of nitrogens with zero attached hydrogens (tertiary/aromatic N) is 3. The predicted octanol–water partition coefficient (Wildman–Crippen LogP) is 6.12. The van der Waals surface area contributed by atoms with Crippen molar-refractivity contribution < 1.29 is 9.53 Å². The van der Waals surface area contributed by atoms with Crippen LogP contribution in [0.4, 0.5) is 5.13 Å². The van der Waals surface area contributed by atoms with Crippen molar-refractivity contribution in [2.24, 2.45) is 5.41 Å². The minimum Gasteiger partial charge on any atom is -0.438 e. The van der Waals surface area contributed by atoms with Gasteiger partial charge in [0.25, 0.3) is 0 Å². The normalized spacial score (nSPS) is 14.7. The summed E-state index contributed by atoms with van der Waals surface area (Å²) in [4.78, 5) is 18.3. The van der Waals surface area contributed by atoms with Gasteiger partial charge >= 0.3 is 0 Å². The number of aryl methyl sites for hydroxylation is 2. The molecule has 0 fully saturated rings. The van der Waals surface area contributed by atoms with Crippen LogP contribution in [0, 0.1) is 19.3 Å². The van der Waals surface area contributed by atoms with Gasteiger partial charge in [0.15, 0.2) is 0 Å². The van der Waals surface area contributed by atoms with E-state index >= 15 is 0 Å². The zero-order valence-electron chi connectivity index (χ0n) is 18.9. The first-order valence-corrected chi connectivity index (χ1v) is 11.7. The maximum Gasteiger partial charge on any atom is 0.232 e. The van der Waals surface area contributed by atoms with E-state index in [4.69, 9.17) is 9.72 Å². The predicted molar refractivity (Wildman–Crippen MR) is 130 cm³/mol. The molecule has 33 heavy (non-hydrogen) atoms. The van der Waals surface area contributed by atoms with Crippen molar-refractivity contribution in [3.8, 4) is 22.9 Å². The second kappa shape index (κ2) is 8.08. The Balaban J connectivity index is 1.59. The number of hydrogen-bond donors (Lipinski definition) is 1. The molecular formula is C26H24N4O2S. The molecule has 0 bridgehead atoms. The molecule has 1 N–H and O–H groups in total. The number of para-hydroxylation sites is 1. The highest BCUT2D eigenvalue weighted by atomic mass is 32.1. The Kier molecular flexibility index (Phi) is 5.21. The second-order valence-electron chi connectivity index (χ2n) is 8.88. The summed E-state index contributed by atoms with van der Waals surface area (Å²) >= 11 is 1.30. The third kappa shape index (κ3) is 3.78. The summed E-state index contributed by atoms with van der Waals surface area (Å²) in [5, 5.41) is 11.2. The molecule has 1 atom stereocenters. The quantitative estimate of drug-likeness (QED) is 0.400. The van der Waals surface area contributed by atoms with Gasteiger partial charge < -0.3 is 10.1 Å². The number of carbonyl (C=O) groups is 1. The van der Waals surface area contributed by atoms with Crippen molar-refractivity contribution in [3.63, 3.8) is 0 Å². The Morgan fingerprint density at radius 3 is 2.61 bits per heavy atom. The van der Waals surface area contributed by atoms with Crippen LogP contribution in [0.3, 0.4) is 0 Å². The summed E-state index contributed by atoms with van der Waals surface area (Å²) in [5.74, 6) is 0.875. The molecular weight excluding hydrogens is 432 g/mol. The van der Waals surface area contributed by atoms with Crippen LogP contribution in [0.2, 0.25) is 0 Å². The molecule has 1 aliphatic rings. The molecule has 2 aromatic carbocycles. The number of rotatable bonds is 4. The maximum atomic E-state index is 13.4. The van der Waals surface area contributed by atoms with E-state index in [9.17, 15) is 4.79 Å². The van der Waals surface area contributed by atoms with Crippen molar-refractivity contribution in [1.82, 2.24) is 15.2 Å². The third-order valence-electron chi connectivity index (χ3n) is 6.33. The summed E-state index contributed by atoms with van der Waals surface area (Å²) < 4.78 is 6.24. The van der Waals surface area contributed by atoms with Crippen molar-refractivity contribution in [3.05, 3.63) is 82.4 Å². The first kappa shape index (κ1) is 21.3. The summed E-state index contributed by atoms with van der Waals surface area (Å²) in [6, 6.07) is 18.2. The molecule has 0 saturated heterocycles. The Bertz CT molecular complexity index is 1350. The fraction of sp³-hybridized carbons (Fsp3) is 0.231. The highest BCUT2D eigenvalue weighted by molar-refractivity contribution is 7.13. The lowest BCUT2D eigenvalue weighted by Crippen LogP contribution is -2.38. The minimum absolute atomic E-state index is 0.134. The van der Waals surface area contributed by atoms with Crippen molar-refractivity contribution in [2.75, 3.05) is 5.32 Å². The molecule has 7 heteroatoms. The number of benzene rings is 2. The molecule has 5 rings (SSSR count). The largest absolute Gasteiger partial charge is 0.438 e. The standard InChI is InChI=1S/C26H24N4O2S/c1-15-9-10-17(13-16(15)2)20-12-11-19-22(18-7-5-6-8-21(18)32-23(19)28-20)26(3,4)24(31)29-25-30-27-14-33-25/h5-14,22H,1-4H3,(H,29,30,31)/t22-/m0/s1. The number of anilines is 1. The molecule has 6 nitrogen and oxygen atoms in total. The Morgan fingerprint density at radius 2 is 1.85 bits per heavy atom. The fourth-order valence-electron chi connectivity index (χ4n) is 4.29. The van der Waals surface area contributed by atoms with Gasteiger partial charge in [-0.3, -0.25) is 4.79 Å². The molecule has 2 aromatic heterocycles. The molecule has 4 aromatic rings. The van der Waals surface area contributed by atoms with E-state index in [-0.39, 0.29) is 11.8 Å². The SMILES string of the molecule is Cc1ccc(-c2ccc3c(n2)Oc2ccccc2[C@@H]3C(C)(C)C(=O)Nc2nncs2)cc1C. The van der Waals surface area contributed by atoms with E-state index < -0.39 is 5.41 Å². The van der Waals surface area contributed by atoms with Gasteiger partial charge in [0.05, 0.1) is 11.1 Å². The number of aromatic nitrogens is 3. The lowest BCUT2D eigenvalue weighted by Gasteiger charge is -2.37. The van der Waals surface area contributed by atoms with Crippen LogP contribution < -0.4 is 10.1 Å². The second-order valence-corrected chi connectivity index (χ2v) is 9.72. The van der Waals surface area contributed by atoms with Crippen LogP contribution in [-0.4, -0.2) is 21.1 Å². The van der Waals surface area contributed by atoms with Gasteiger partial charge in [-0.2, -0.15) is 0 Å². The minimum atomic E-state index is -0.802. The maximum absolute atomic E-state index is 13.4. The summed E-state index contributed by atoms with van der Waals surface area (Å²) in [6.45, 7) is 8.08. The number of ether oxygens (including phenoxy) is 1. The smallest absolute Gasteiger partial charge is 0.232 e. The topological polar surface area (TPSA) is 77.0 Å². The van der Waals surface area contributed by atoms with Gasteiger partial charge in [-0.05, 0) is 43.2 Å². The van der Waals surface area contributed by atoms with E-state index in [1.807, 2.05) is 50.2 Å². The molecule has 1 amide bonds. The lowest BCUT2D eigenvalue weighted by molar-refractivity contribution is -0.124. The van der Waals surface area contributed by atoms with E-state index in [2.05, 4.69) is 47.6 Å². The lowest BCUT2D eigenvalue weighted by atomic mass is 9.69. The number of fused-ring (bicyclic) bond motifs is 2. The monoisotopic (exact) mass is 456 g/mol. The molecule has 0 unspecified atom stereocenters. The number of pyridine rings is 1. The Labute approximate surface area is 196 Å². The number of nitrogens with one attached hydrogen (secondary N) is 1. The molecule has 166 valence electrons. The van der Waals surface area contributed by atoms with Gasteiger partial charge in [-0.25, -0.2) is 4.98 Å². The van der Waals surface area contributed by atoms with Crippen molar-refractivity contribution in [2.45, 2.75) is 33.6 Å². The van der Waals surface area contributed by atoms with Gasteiger partial charge in [-0.1, -0.05) is 61.6 Å². The summed E-state index contributed by atoms with van der Waals surface area (Å²) in [6.07, 6.45) is 0. The highest BCUT2D eigenvalue weighted by Crippen LogP contribution is 2.52. The van der Waals surface area contributed by atoms with Crippen LogP contribution in [-0.2, 0) is 4.79 Å². The summed E-state index contributed by atoms with van der Waals surface area (Å²) in [5.41, 5.74) is 6.97. The molecule has 0 spiro atoms. The van der Waals surface area contributed by atoms with E-state index in [1.54, 1.807) is 5.51 Å². The van der Waals surface area contributed by atoms with Gasteiger partial charge in [0.2, 0.25) is 16.9 Å². The number of carbonyl (C=O) groups excluding carboxylic acids is 1. The molecule has 1 aliphatic heterocycles. The van der Waals surface area contributed by atoms with E-state index in [0.717, 1.165) is 28.1 Å². The highest BCUT2D eigenvalue weighted by Gasteiger charge is 2.44. The molecule has 0 saturated carbocycles. The van der Waals surface area contributed by atoms with Crippen LogP contribution in [0.5, 0.6) is 11.6 Å². The average Bonchev–Trinajstić information content (AvgIpc) is 3.31. The fourth-order valence-corrected chi connectivity index (χ4v) is 4.73. The van der Waals surface area contributed by atoms with E-state index in [1.165, 1.54) is 22.5 Å². The van der Waals surface area contributed by atoms with Crippen LogP contribution >= 0.6 is 11.3 Å². The molecule has 3 heterocycles. The Hall–Kier alpha value is -3.58. The number of hydrogen-bond acceptors (Lipinski definition) is 6. The van der Waals surface area contributed by atoms with Crippen LogP contribution in [0.25, 0.3) is 11.3 Å². The molecule has 0 radical (unpaired) electrons. The van der Waals surface area contributed by atoms with Gasteiger partial charge in [0.1, 0.15) is 11.3 Å². The van der Waals surface area contributed by atoms with Crippen LogP contribution in [0.15, 0.2) is 60.1 Å². The van der Waals surface area contributed by atoms with Gasteiger partial charge in [0, 0.05) is 22.6 Å². The summed E-state index contributed by atoms with van der Waals surface area (Å²) in [7, 11) is 0. The number of amides is 1. The van der Waals surface area contributed by atoms with Crippen molar-refractivity contribution >= 4 is 22.4 Å². The Morgan fingerprint density at radius 1 is 1.03 bits per heavy atom. The zero-order chi connectivity index (χ0) is 23.2. The van der Waals surface area contributed by atoms with Crippen LogP contribution in [0.1, 0.15) is 42.0 Å². The first-order valence-electron chi connectivity index (χ1n) is 10.8. The third-order valence-corrected chi connectivity index (χ3v) is 6.93. The van der Waals surface area contributed by atoms with E-state index in [0.29, 0.717) is 11.0 Å². The first-order chi connectivity index (χ1) is 15.8. The van der Waals surface area contributed by atoms with Crippen molar-refractivity contribution in [1.29, 1.82) is 0 Å². The zero-order valence-corrected chi connectivity index (χ0v) is 19.7. The van der Waals surface area contributed by atoms with Gasteiger partial charge in [-0.15, -0.1) is 10.2 Å². The average molecular weight is 457 g/mol.